The SMILES string of the molecule is COCCCOc1cccc2ccc(COC3CN(C(=O)[O-])CCC3c3ccc(OCCCOCc4ccccc4)cc3)cc12. The van der Waals surface area contributed by atoms with Crippen LogP contribution in [0.25, 0.3) is 10.8 Å². The normalized spacial score (nSPS) is 16.5. The average molecular weight is 613 g/mol. The van der Waals surface area contributed by atoms with E-state index in [1.807, 2.05) is 48.5 Å². The number of carbonyl (C=O) groups is 1. The van der Waals surface area contributed by atoms with Gasteiger partial charge in [0.2, 0.25) is 0 Å². The molecular weight excluding hydrogens is 570 g/mol. The summed E-state index contributed by atoms with van der Waals surface area (Å²) in [6.45, 7) is 4.03. The summed E-state index contributed by atoms with van der Waals surface area (Å²) in [4.78, 5) is 13.1. The molecule has 45 heavy (non-hydrogen) atoms. The Morgan fingerprint density at radius 1 is 0.822 bits per heavy atom. The maximum absolute atomic E-state index is 11.7. The van der Waals surface area contributed by atoms with Crippen LogP contribution in [0.15, 0.2) is 91.0 Å². The zero-order valence-corrected chi connectivity index (χ0v) is 25.9. The van der Waals surface area contributed by atoms with Crippen molar-refractivity contribution in [2.75, 3.05) is 46.6 Å². The van der Waals surface area contributed by atoms with E-state index in [0.29, 0.717) is 52.6 Å². The number of fused-ring (bicyclic) bond motifs is 1. The zero-order valence-electron chi connectivity index (χ0n) is 25.9. The Bertz CT molecular complexity index is 1480. The van der Waals surface area contributed by atoms with Crippen LogP contribution in [0.1, 0.15) is 41.9 Å². The van der Waals surface area contributed by atoms with Crippen molar-refractivity contribution in [3.8, 4) is 11.5 Å². The number of hydrogen-bond acceptors (Lipinski definition) is 7. The van der Waals surface area contributed by atoms with Gasteiger partial charge in [0, 0.05) is 51.0 Å². The maximum atomic E-state index is 11.7. The van der Waals surface area contributed by atoms with E-state index in [0.717, 1.165) is 51.8 Å². The van der Waals surface area contributed by atoms with Gasteiger partial charge in [-0.3, -0.25) is 0 Å². The molecule has 1 aliphatic rings. The number of nitrogens with zero attached hydrogens (tertiary/aromatic N) is 1. The topological polar surface area (TPSA) is 89.5 Å². The molecular formula is C37H42NO7-. The van der Waals surface area contributed by atoms with Crippen LogP contribution in [0.5, 0.6) is 11.5 Å². The summed E-state index contributed by atoms with van der Waals surface area (Å²) in [6.07, 6.45) is 0.767. The fourth-order valence-corrected chi connectivity index (χ4v) is 5.65. The van der Waals surface area contributed by atoms with Gasteiger partial charge in [-0.25, -0.2) is 0 Å². The van der Waals surface area contributed by atoms with Gasteiger partial charge in [-0.05, 0) is 52.8 Å². The molecule has 0 spiro atoms. The molecule has 4 aromatic carbocycles. The number of carboxylic acid groups (broad SMARTS) is 1. The number of carbonyl (C=O) groups excluding carboxylic acids is 1. The Labute approximate surface area is 265 Å². The van der Waals surface area contributed by atoms with Crippen molar-refractivity contribution in [2.45, 2.75) is 44.5 Å². The molecule has 0 radical (unpaired) electrons. The highest BCUT2D eigenvalue weighted by Gasteiger charge is 2.31. The second-order valence-corrected chi connectivity index (χ2v) is 11.3. The Morgan fingerprint density at radius 3 is 2.42 bits per heavy atom. The number of hydrogen-bond donors (Lipinski definition) is 0. The highest BCUT2D eigenvalue weighted by Crippen LogP contribution is 2.33. The Kier molecular flexibility index (Phi) is 12.1. The minimum atomic E-state index is -1.17. The quantitative estimate of drug-likeness (QED) is 0.144. The molecule has 2 atom stereocenters. The third-order valence-electron chi connectivity index (χ3n) is 8.06. The largest absolute Gasteiger partial charge is 0.530 e. The molecule has 8 nitrogen and oxygen atoms in total. The number of piperidine rings is 1. The average Bonchev–Trinajstić information content (AvgIpc) is 3.08. The second kappa shape index (κ2) is 16.8. The molecule has 1 heterocycles. The van der Waals surface area contributed by atoms with Gasteiger partial charge in [0.15, 0.2) is 0 Å². The molecule has 1 aliphatic heterocycles. The molecule has 238 valence electrons. The van der Waals surface area contributed by atoms with Crippen molar-refractivity contribution in [3.63, 3.8) is 0 Å². The lowest BCUT2D eigenvalue weighted by molar-refractivity contribution is -0.268. The lowest BCUT2D eigenvalue weighted by atomic mass is 9.87. The first-order valence-corrected chi connectivity index (χ1v) is 15.7. The van der Waals surface area contributed by atoms with E-state index in [4.69, 9.17) is 23.7 Å². The molecule has 5 rings (SSSR count). The van der Waals surface area contributed by atoms with Crippen molar-refractivity contribution in [1.29, 1.82) is 0 Å². The van der Waals surface area contributed by atoms with Crippen LogP contribution in [0.3, 0.4) is 0 Å². The molecule has 2 unspecified atom stereocenters. The molecule has 0 saturated carbocycles. The van der Waals surface area contributed by atoms with Crippen molar-refractivity contribution >= 4 is 16.9 Å². The lowest BCUT2D eigenvalue weighted by Crippen LogP contribution is -2.51. The summed E-state index contributed by atoms with van der Waals surface area (Å²) in [5.41, 5.74) is 3.25. The third-order valence-corrected chi connectivity index (χ3v) is 8.06. The molecule has 0 aliphatic carbocycles. The van der Waals surface area contributed by atoms with E-state index in [1.54, 1.807) is 7.11 Å². The van der Waals surface area contributed by atoms with Gasteiger partial charge in [0.1, 0.15) is 17.6 Å². The van der Waals surface area contributed by atoms with Gasteiger partial charge in [-0.1, -0.05) is 66.7 Å². The van der Waals surface area contributed by atoms with Crippen molar-refractivity contribution in [2.24, 2.45) is 0 Å². The van der Waals surface area contributed by atoms with Crippen molar-refractivity contribution < 1.29 is 33.6 Å². The van der Waals surface area contributed by atoms with Gasteiger partial charge < -0.3 is 38.5 Å². The number of ether oxygens (including phenoxy) is 5. The second-order valence-electron chi connectivity index (χ2n) is 11.3. The van der Waals surface area contributed by atoms with Gasteiger partial charge in [0.25, 0.3) is 0 Å². The third kappa shape index (κ3) is 9.44. The summed E-state index contributed by atoms with van der Waals surface area (Å²) >= 11 is 0. The van der Waals surface area contributed by atoms with E-state index in [-0.39, 0.29) is 18.6 Å². The summed E-state index contributed by atoms with van der Waals surface area (Å²) < 4.78 is 29.3. The minimum absolute atomic E-state index is 0.0428. The van der Waals surface area contributed by atoms with Crippen LogP contribution >= 0.6 is 0 Å². The lowest BCUT2D eigenvalue weighted by Gasteiger charge is -2.40. The number of rotatable bonds is 16. The molecule has 1 amide bonds. The van der Waals surface area contributed by atoms with E-state index in [2.05, 4.69) is 42.5 Å². The van der Waals surface area contributed by atoms with Crippen LogP contribution in [-0.2, 0) is 27.4 Å². The smallest absolute Gasteiger partial charge is 0.137 e. The number of amides is 1. The summed E-state index contributed by atoms with van der Waals surface area (Å²) in [5, 5.41) is 13.8. The predicted octanol–water partition coefficient (Wildman–Crippen LogP) is 5.96. The zero-order chi connectivity index (χ0) is 31.3. The molecule has 1 saturated heterocycles. The summed E-state index contributed by atoms with van der Waals surface area (Å²) in [7, 11) is 1.68. The number of benzene rings is 4. The molecule has 0 aromatic heterocycles. The van der Waals surface area contributed by atoms with Gasteiger partial charge in [0.05, 0.1) is 39.1 Å². The van der Waals surface area contributed by atoms with E-state index >= 15 is 0 Å². The fraction of sp³-hybridized carbons (Fsp3) is 0.378. The minimum Gasteiger partial charge on any atom is -0.530 e. The van der Waals surface area contributed by atoms with Crippen molar-refractivity contribution in [1.82, 2.24) is 4.90 Å². The Morgan fingerprint density at radius 2 is 1.62 bits per heavy atom. The molecule has 4 aromatic rings. The molecule has 1 fully saturated rings. The molecule has 8 heteroatoms. The van der Waals surface area contributed by atoms with Crippen molar-refractivity contribution in [3.05, 3.63) is 108 Å². The van der Waals surface area contributed by atoms with Gasteiger partial charge in [-0.15, -0.1) is 0 Å². The standard InChI is InChI=1S/C37H43NO7/c1-41-20-6-23-44-35-11-5-10-30-13-12-29(24-34(30)35)27-45-36-25-38(37(39)40)19-18-33(36)31-14-16-32(17-15-31)43-22-7-21-42-26-28-8-3-2-4-9-28/h2-5,8-17,24,33,36H,6-7,18-23,25-27H2,1H3,(H,39,40)/p-1. The van der Waals surface area contributed by atoms with E-state index in [1.165, 1.54) is 4.90 Å². The molecule has 0 bridgehead atoms. The predicted molar refractivity (Wildman–Crippen MR) is 171 cm³/mol. The van der Waals surface area contributed by atoms with Crippen LogP contribution in [0, 0.1) is 0 Å². The summed E-state index contributed by atoms with van der Waals surface area (Å²) in [5.74, 6) is 1.66. The fourth-order valence-electron chi connectivity index (χ4n) is 5.65. The number of methoxy groups -OCH3 is 1. The maximum Gasteiger partial charge on any atom is 0.137 e. The van der Waals surface area contributed by atoms with Crippen LogP contribution < -0.4 is 14.6 Å². The van der Waals surface area contributed by atoms with Crippen LogP contribution in [0.2, 0.25) is 0 Å². The van der Waals surface area contributed by atoms with E-state index < -0.39 is 6.09 Å². The first-order valence-electron chi connectivity index (χ1n) is 15.7. The monoisotopic (exact) mass is 612 g/mol. The van der Waals surface area contributed by atoms with Crippen LogP contribution in [0.4, 0.5) is 4.79 Å². The van der Waals surface area contributed by atoms with E-state index in [9.17, 15) is 9.90 Å². The summed E-state index contributed by atoms with van der Waals surface area (Å²) in [6, 6.07) is 30.4. The highest BCUT2D eigenvalue weighted by molar-refractivity contribution is 5.88. The first kappa shape index (κ1) is 32.3. The van der Waals surface area contributed by atoms with Gasteiger partial charge >= 0.3 is 0 Å². The molecule has 0 N–H and O–H groups in total. The van der Waals surface area contributed by atoms with Crippen LogP contribution in [-0.4, -0.2) is 63.7 Å². The Hall–Kier alpha value is -4.11. The first-order chi connectivity index (χ1) is 22.1. The Balaban J connectivity index is 1.17. The number of likely N-dealkylation sites (tertiary alicyclic amines) is 1. The van der Waals surface area contributed by atoms with Gasteiger partial charge in [-0.2, -0.15) is 0 Å². The highest BCUT2D eigenvalue weighted by atomic mass is 16.5.